The molecule has 1 aliphatic rings. The molecule has 0 saturated carbocycles. The zero-order valence-corrected chi connectivity index (χ0v) is 16.4. The molecule has 1 fully saturated rings. The molecule has 1 heterocycles. The Morgan fingerprint density at radius 3 is 2.27 bits per heavy atom. The molecule has 3 rings (SSSR count). The van der Waals surface area contributed by atoms with Gasteiger partial charge in [0, 0.05) is 11.4 Å². The number of nitrogen functional groups attached to an aromatic ring is 1. The number of carboxylic acid groups (broad SMARTS) is 1. The van der Waals surface area contributed by atoms with Crippen LogP contribution in [0.3, 0.4) is 0 Å². The Labute approximate surface area is 173 Å². The first kappa shape index (κ1) is 21.5. The molecule has 2 aromatic carbocycles. The highest BCUT2D eigenvalue weighted by Crippen LogP contribution is 2.40. The number of thiocarbonyl (C=S) groups is 1. The summed E-state index contributed by atoms with van der Waals surface area (Å²) >= 11 is 5.33. The standard InChI is InChI=1S/C19H15F4N3O3S/c1-18(2)16(29)25(9-4-6-14(24)12(7-9)19(21,22)23)17(30)26(18)10-3-5-11(15(27)28)13(20)8-10/h3-8H,24H2,1-2H3,(H,27,28). The lowest BCUT2D eigenvalue weighted by molar-refractivity contribution is -0.137. The zero-order chi connectivity index (χ0) is 22.6. The molecule has 0 aliphatic carbocycles. The molecular weight excluding hydrogens is 426 g/mol. The summed E-state index contributed by atoms with van der Waals surface area (Å²) in [5.41, 5.74) is 1.76. The van der Waals surface area contributed by atoms with E-state index < -0.39 is 46.2 Å². The van der Waals surface area contributed by atoms with Gasteiger partial charge in [0.05, 0.1) is 16.8 Å². The summed E-state index contributed by atoms with van der Waals surface area (Å²) in [6.07, 6.45) is -4.74. The van der Waals surface area contributed by atoms with Crippen molar-refractivity contribution < 1.29 is 32.3 Å². The van der Waals surface area contributed by atoms with Crippen molar-refractivity contribution in [3.05, 3.63) is 53.3 Å². The molecule has 1 amide bonds. The maximum Gasteiger partial charge on any atom is 0.418 e. The molecule has 30 heavy (non-hydrogen) atoms. The highest BCUT2D eigenvalue weighted by Gasteiger charge is 2.50. The number of hydrogen-bond acceptors (Lipinski definition) is 4. The number of alkyl halides is 3. The van der Waals surface area contributed by atoms with E-state index in [4.69, 9.17) is 23.1 Å². The number of nitrogens with two attached hydrogens (primary N) is 1. The highest BCUT2D eigenvalue weighted by atomic mass is 32.1. The van der Waals surface area contributed by atoms with Crippen molar-refractivity contribution in [2.45, 2.75) is 25.6 Å². The summed E-state index contributed by atoms with van der Waals surface area (Å²) in [4.78, 5) is 26.2. The molecule has 3 N–H and O–H groups in total. The Morgan fingerprint density at radius 2 is 1.73 bits per heavy atom. The third-order valence-corrected chi connectivity index (χ3v) is 5.07. The second-order valence-electron chi connectivity index (χ2n) is 7.06. The summed E-state index contributed by atoms with van der Waals surface area (Å²) < 4.78 is 53.9. The molecule has 0 spiro atoms. The minimum Gasteiger partial charge on any atom is -0.478 e. The van der Waals surface area contributed by atoms with E-state index in [1.807, 2.05) is 0 Å². The van der Waals surface area contributed by atoms with Gasteiger partial charge in [-0.3, -0.25) is 9.69 Å². The van der Waals surface area contributed by atoms with Gasteiger partial charge in [-0.25, -0.2) is 9.18 Å². The average molecular weight is 441 g/mol. The molecule has 1 aliphatic heterocycles. The number of aromatic carboxylic acids is 1. The third kappa shape index (κ3) is 3.34. The van der Waals surface area contributed by atoms with Crippen molar-refractivity contribution in [2.75, 3.05) is 15.5 Å². The van der Waals surface area contributed by atoms with Crippen LogP contribution in [0.2, 0.25) is 0 Å². The van der Waals surface area contributed by atoms with Crippen molar-refractivity contribution in [3.8, 4) is 0 Å². The predicted octanol–water partition coefficient (Wildman–Crippen LogP) is 4.04. The fourth-order valence-corrected chi connectivity index (χ4v) is 3.72. The van der Waals surface area contributed by atoms with E-state index in [-0.39, 0.29) is 16.5 Å². The smallest absolute Gasteiger partial charge is 0.418 e. The van der Waals surface area contributed by atoms with Crippen LogP contribution in [0.15, 0.2) is 36.4 Å². The Morgan fingerprint density at radius 1 is 1.13 bits per heavy atom. The Bertz CT molecular complexity index is 1090. The van der Waals surface area contributed by atoms with Gasteiger partial charge in [-0.05, 0) is 62.5 Å². The first-order chi connectivity index (χ1) is 13.8. The molecule has 2 aromatic rings. The topological polar surface area (TPSA) is 86.9 Å². The number of carbonyl (C=O) groups is 2. The Kier molecular flexibility index (Phi) is 4.97. The first-order valence-electron chi connectivity index (χ1n) is 8.45. The van der Waals surface area contributed by atoms with Crippen LogP contribution in [-0.2, 0) is 11.0 Å². The molecule has 6 nitrogen and oxygen atoms in total. The number of halogens is 4. The Balaban J connectivity index is 2.10. The van der Waals surface area contributed by atoms with Gasteiger partial charge in [0.25, 0.3) is 5.91 Å². The third-order valence-electron chi connectivity index (χ3n) is 4.71. The highest BCUT2D eigenvalue weighted by molar-refractivity contribution is 7.81. The van der Waals surface area contributed by atoms with Gasteiger partial charge in [0.2, 0.25) is 0 Å². The molecule has 0 unspecified atom stereocenters. The van der Waals surface area contributed by atoms with Gasteiger partial charge in [-0.2, -0.15) is 13.2 Å². The van der Waals surface area contributed by atoms with Crippen molar-refractivity contribution in [1.29, 1.82) is 0 Å². The average Bonchev–Trinajstić information content (AvgIpc) is 2.79. The van der Waals surface area contributed by atoms with Crippen molar-refractivity contribution in [3.63, 3.8) is 0 Å². The normalized spacial score (nSPS) is 16.3. The van der Waals surface area contributed by atoms with Crippen LogP contribution in [-0.4, -0.2) is 27.6 Å². The molecule has 0 atom stereocenters. The summed E-state index contributed by atoms with van der Waals surface area (Å²) in [5.74, 6) is -3.16. The lowest BCUT2D eigenvalue weighted by Gasteiger charge is -2.29. The number of hydrogen-bond donors (Lipinski definition) is 2. The van der Waals surface area contributed by atoms with Crippen LogP contribution >= 0.6 is 12.2 Å². The monoisotopic (exact) mass is 441 g/mol. The van der Waals surface area contributed by atoms with Crippen molar-refractivity contribution in [2.24, 2.45) is 0 Å². The second-order valence-corrected chi connectivity index (χ2v) is 7.42. The minimum absolute atomic E-state index is 0.0786. The van der Waals surface area contributed by atoms with Crippen LogP contribution in [0.5, 0.6) is 0 Å². The van der Waals surface area contributed by atoms with E-state index in [2.05, 4.69) is 0 Å². The van der Waals surface area contributed by atoms with E-state index in [0.717, 1.165) is 23.1 Å². The predicted molar refractivity (Wildman–Crippen MR) is 106 cm³/mol. The molecular formula is C19H15F4N3O3S. The van der Waals surface area contributed by atoms with Gasteiger partial charge >= 0.3 is 12.1 Å². The molecule has 0 bridgehead atoms. The number of amides is 1. The molecule has 0 radical (unpaired) electrons. The number of benzene rings is 2. The summed E-state index contributed by atoms with van der Waals surface area (Å²) in [7, 11) is 0. The number of nitrogens with zero attached hydrogens (tertiary/aromatic N) is 2. The SMILES string of the molecule is CC1(C)C(=O)N(c2ccc(N)c(C(F)(F)F)c2)C(=S)N1c1ccc(C(=O)O)c(F)c1. The second kappa shape index (κ2) is 6.94. The first-order valence-corrected chi connectivity index (χ1v) is 8.86. The van der Waals surface area contributed by atoms with E-state index in [0.29, 0.717) is 6.07 Å². The summed E-state index contributed by atoms with van der Waals surface area (Å²) in [6, 6.07) is 6.14. The summed E-state index contributed by atoms with van der Waals surface area (Å²) in [6.45, 7) is 2.93. The van der Waals surface area contributed by atoms with Gasteiger partial charge in [0.1, 0.15) is 11.4 Å². The van der Waals surface area contributed by atoms with Gasteiger partial charge in [0.15, 0.2) is 5.11 Å². The van der Waals surface area contributed by atoms with Crippen LogP contribution in [0.4, 0.5) is 34.6 Å². The molecule has 11 heteroatoms. The largest absolute Gasteiger partial charge is 0.478 e. The zero-order valence-electron chi connectivity index (χ0n) is 15.6. The van der Waals surface area contributed by atoms with E-state index in [9.17, 15) is 27.2 Å². The van der Waals surface area contributed by atoms with Gasteiger partial charge in [-0.1, -0.05) is 0 Å². The quantitative estimate of drug-likeness (QED) is 0.425. The molecule has 1 saturated heterocycles. The van der Waals surface area contributed by atoms with E-state index in [1.54, 1.807) is 0 Å². The molecule has 0 aromatic heterocycles. The Hall–Kier alpha value is -3.21. The van der Waals surface area contributed by atoms with Crippen LogP contribution in [0.25, 0.3) is 0 Å². The van der Waals surface area contributed by atoms with Crippen LogP contribution in [0.1, 0.15) is 29.8 Å². The number of anilines is 3. The van der Waals surface area contributed by atoms with Crippen molar-refractivity contribution >= 4 is 46.3 Å². The van der Waals surface area contributed by atoms with Crippen LogP contribution < -0.4 is 15.5 Å². The maximum absolute atomic E-state index is 14.2. The fraction of sp³-hybridized carbons (Fsp3) is 0.211. The minimum atomic E-state index is -4.74. The molecule has 158 valence electrons. The van der Waals surface area contributed by atoms with E-state index >= 15 is 0 Å². The number of carboxylic acids is 1. The van der Waals surface area contributed by atoms with Gasteiger partial charge < -0.3 is 15.7 Å². The lowest BCUT2D eigenvalue weighted by atomic mass is 10.0. The van der Waals surface area contributed by atoms with Crippen molar-refractivity contribution in [1.82, 2.24) is 0 Å². The fourth-order valence-electron chi connectivity index (χ4n) is 3.20. The van der Waals surface area contributed by atoms with Crippen LogP contribution in [0, 0.1) is 5.82 Å². The number of carbonyl (C=O) groups excluding carboxylic acids is 1. The maximum atomic E-state index is 14.2. The summed E-state index contributed by atoms with van der Waals surface area (Å²) in [5, 5.41) is 8.79. The number of rotatable bonds is 3. The van der Waals surface area contributed by atoms with E-state index in [1.165, 1.54) is 30.9 Å². The lowest BCUT2D eigenvalue weighted by Crippen LogP contribution is -2.44. The van der Waals surface area contributed by atoms with Gasteiger partial charge in [-0.15, -0.1) is 0 Å².